The van der Waals surface area contributed by atoms with Crippen molar-refractivity contribution in [1.29, 1.82) is 0 Å². The Bertz CT molecular complexity index is 408. The summed E-state index contributed by atoms with van der Waals surface area (Å²) < 4.78 is 0. The summed E-state index contributed by atoms with van der Waals surface area (Å²) in [5, 5.41) is 0. The molecule has 1 aromatic carbocycles. The molecular formula is C17H30N2. The summed E-state index contributed by atoms with van der Waals surface area (Å²) in [5.41, 5.74) is 11.9. The van der Waals surface area contributed by atoms with E-state index in [0.717, 1.165) is 0 Å². The molecule has 2 unspecified atom stereocenters. The lowest BCUT2D eigenvalue weighted by Gasteiger charge is -2.32. The second-order valence-corrected chi connectivity index (χ2v) is 7.04. The van der Waals surface area contributed by atoms with Gasteiger partial charge in [0.25, 0.3) is 0 Å². The van der Waals surface area contributed by atoms with Gasteiger partial charge in [-0.05, 0) is 62.5 Å². The van der Waals surface area contributed by atoms with Crippen LogP contribution in [0.5, 0.6) is 0 Å². The Morgan fingerprint density at radius 3 is 1.74 bits per heavy atom. The molecule has 0 radical (unpaired) electrons. The van der Waals surface area contributed by atoms with Crippen LogP contribution in [0.2, 0.25) is 0 Å². The van der Waals surface area contributed by atoms with Crippen LogP contribution < -0.4 is 5.73 Å². The summed E-state index contributed by atoms with van der Waals surface area (Å²) in [6.07, 6.45) is 0. The van der Waals surface area contributed by atoms with Crippen molar-refractivity contribution >= 4 is 0 Å². The van der Waals surface area contributed by atoms with Crippen molar-refractivity contribution < 1.29 is 0 Å². The third-order valence-corrected chi connectivity index (χ3v) is 3.81. The van der Waals surface area contributed by atoms with Crippen molar-refractivity contribution in [2.45, 2.75) is 59.0 Å². The Labute approximate surface area is 119 Å². The van der Waals surface area contributed by atoms with Crippen molar-refractivity contribution in [1.82, 2.24) is 4.90 Å². The summed E-state index contributed by atoms with van der Waals surface area (Å²) in [6, 6.07) is 5.03. The van der Waals surface area contributed by atoms with Crippen LogP contribution in [0.4, 0.5) is 0 Å². The van der Waals surface area contributed by atoms with Gasteiger partial charge in [0.1, 0.15) is 0 Å². The van der Waals surface area contributed by atoms with Crippen molar-refractivity contribution in [3.05, 3.63) is 34.4 Å². The molecule has 0 saturated heterocycles. The van der Waals surface area contributed by atoms with Crippen molar-refractivity contribution in [3.63, 3.8) is 0 Å². The molecule has 0 aliphatic heterocycles. The standard InChI is InChI=1S/C17H30N2/c1-11-9-14(17(4,5)6)10-12(2)15(11)16(13(3)18)19(7)8/h9-10,13,16H,18H2,1-8H3. The summed E-state index contributed by atoms with van der Waals surface area (Å²) in [7, 11) is 4.20. The number of rotatable bonds is 3. The quantitative estimate of drug-likeness (QED) is 0.902. The maximum Gasteiger partial charge on any atom is 0.0496 e. The molecule has 0 heterocycles. The molecule has 1 aromatic rings. The highest BCUT2D eigenvalue weighted by atomic mass is 15.1. The smallest absolute Gasteiger partial charge is 0.0496 e. The van der Waals surface area contributed by atoms with Crippen molar-refractivity contribution in [2.75, 3.05) is 14.1 Å². The molecule has 0 amide bonds. The Hall–Kier alpha value is -0.860. The lowest BCUT2D eigenvalue weighted by atomic mass is 9.82. The molecule has 0 bridgehead atoms. The van der Waals surface area contributed by atoms with Crippen LogP contribution in [0.3, 0.4) is 0 Å². The molecule has 0 saturated carbocycles. The summed E-state index contributed by atoms with van der Waals surface area (Å²) >= 11 is 0. The molecule has 2 nitrogen and oxygen atoms in total. The molecule has 0 aliphatic rings. The van der Waals surface area contributed by atoms with E-state index in [4.69, 9.17) is 5.73 Å². The Morgan fingerprint density at radius 2 is 1.47 bits per heavy atom. The molecule has 108 valence electrons. The molecule has 0 aliphatic carbocycles. The first-order valence-electron chi connectivity index (χ1n) is 7.09. The van der Waals surface area contributed by atoms with Gasteiger partial charge in [-0.3, -0.25) is 0 Å². The van der Waals surface area contributed by atoms with Gasteiger partial charge in [-0.15, -0.1) is 0 Å². The SMILES string of the molecule is Cc1cc(C(C)(C)C)cc(C)c1C(C(C)N)N(C)C. The number of likely N-dealkylation sites (N-methyl/N-ethyl adjacent to an activating group) is 1. The average Bonchev–Trinajstić information content (AvgIpc) is 2.20. The third-order valence-electron chi connectivity index (χ3n) is 3.81. The lowest BCUT2D eigenvalue weighted by Crippen LogP contribution is -2.36. The first-order valence-corrected chi connectivity index (χ1v) is 7.09. The average molecular weight is 262 g/mol. The van der Waals surface area contributed by atoms with Gasteiger partial charge in [0, 0.05) is 12.1 Å². The van der Waals surface area contributed by atoms with E-state index in [2.05, 4.69) is 72.7 Å². The van der Waals surface area contributed by atoms with Crippen molar-refractivity contribution in [2.24, 2.45) is 5.73 Å². The monoisotopic (exact) mass is 262 g/mol. The largest absolute Gasteiger partial charge is 0.326 e. The zero-order valence-electron chi connectivity index (χ0n) is 13.8. The van der Waals surface area contributed by atoms with Gasteiger partial charge in [-0.1, -0.05) is 32.9 Å². The van der Waals surface area contributed by atoms with Crippen LogP contribution in [0.25, 0.3) is 0 Å². The van der Waals surface area contributed by atoms with E-state index in [0.29, 0.717) is 0 Å². The van der Waals surface area contributed by atoms with E-state index in [-0.39, 0.29) is 17.5 Å². The molecule has 1 rings (SSSR count). The van der Waals surface area contributed by atoms with E-state index in [1.165, 1.54) is 22.3 Å². The van der Waals surface area contributed by atoms with Gasteiger partial charge in [0.2, 0.25) is 0 Å². The molecule has 0 fully saturated rings. The fourth-order valence-corrected chi connectivity index (χ4v) is 2.87. The number of hydrogen-bond donors (Lipinski definition) is 1. The van der Waals surface area contributed by atoms with Gasteiger partial charge < -0.3 is 10.6 Å². The summed E-state index contributed by atoms with van der Waals surface area (Å²) in [4.78, 5) is 2.22. The van der Waals surface area contributed by atoms with Gasteiger partial charge >= 0.3 is 0 Å². The van der Waals surface area contributed by atoms with E-state index in [1.807, 2.05) is 0 Å². The zero-order valence-corrected chi connectivity index (χ0v) is 13.8. The number of nitrogens with zero attached hydrogens (tertiary/aromatic N) is 1. The van der Waals surface area contributed by atoms with Crippen LogP contribution in [-0.2, 0) is 5.41 Å². The van der Waals surface area contributed by atoms with E-state index < -0.39 is 0 Å². The predicted octanol–water partition coefficient (Wildman–Crippen LogP) is 3.55. The van der Waals surface area contributed by atoms with Crippen LogP contribution >= 0.6 is 0 Å². The normalized spacial score (nSPS) is 15.7. The minimum Gasteiger partial charge on any atom is -0.326 e. The van der Waals surface area contributed by atoms with E-state index in [9.17, 15) is 0 Å². The molecule has 2 heteroatoms. The van der Waals surface area contributed by atoms with Gasteiger partial charge in [-0.2, -0.15) is 0 Å². The zero-order chi connectivity index (χ0) is 15.0. The number of benzene rings is 1. The predicted molar refractivity (Wildman–Crippen MR) is 84.7 cm³/mol. The molecule has 0 spiro atoms. The van der Waals surface area contributed by atoms with Gasteiger partial charge in [0.15, 0.2) is 0 Å². The van der Waals surface area contributed by atoms with Crippen LogP contribution in [0.15, 0.2) is 12.1 Å². The van der Waals surface area contributed by atoms with Crippen LogP contribution in [-0.4, -0.2) is 25.0 Å². The van der Waals surface area contributed by atoms with E-state index >= 15 is 0 Å². The number of aryl methyl sites for hydroxylation is 2. The van der Waals surface area contributed by atoms with Gasteiger partial charge in [0.05, 0.1) is 0 Å². The molecule has 19 heavy (non-hydrogen) atoms. The summed E-state index contributed by atoms with van der Waals surface area (Å²) in [6.45, 7) is 13.3. The minimum absolute atomic E-state index is 0.118. The lowest BCUT2D eigenvalue weighted by molar-refractivity contribution is 0.264. The van der Waals surface area contributed by atoms with E-state index in [1.54, 1.807) is 0 Å². The van der Waals surface area contributed by atoms with Crippen LogP contribution in [0, 0.1) is 13.8 Å². The fourth-order valence-electron chi connectivity index (χ4n) is 2.87. The third kappa shape index (κ3) is 3.58. The van der Waals surface area contributed by atoms with Gasteiger partial charge in [-0.25, -0.2) is 0 Å². The Balaban J connectivity index is 3.38. The maximum atomic E-state index is 6.19. The Morgan fingerprint density at radius 1 is 1.05 bits per heavy atom. The van der Waals surface area contributed by atoms with Crippen molar-refractivity contribution in [3.8, 4) is 0 Å². The number of nitrogens with two attached hydrogens (primary N) is 1. The topological polar surface area (TPSA) is 29.3 Å². The highest BCUT2D eigenvalue weighted by Crippen LogP contribution is 2.32. The second-order valence-electron chi connectivity index (χ2n) is 7.04. The number of hydrogen-bond acceptors (Lipinski definition) is 2. The Kier molecular flexibility index (Phi) is 4.81. The molecule has 2 atom stereocenters. The molecule has 0 aromatic heterocycles. The summed E-state index contributed by atoms with van der Waals surface area (Å²) in [5.74, 6) is 0. The highest BCUT2D eigenvalue weighted by molar-refractivity contribution is 5.42. The maximum absolute atomic E-state index is 6.19. The first kappa shape index (κ1) is 16.2. The highest BCUT2D eigenvalue weighted by Gasteiger charge is 2.24. The molecular weight excluding hydrogens is 232 g/mol. The second kappa shape index (κ2) is 5.64. The van der Waals surface area contributed by atoms with Crippen LogP contribution in [0.1, 0.15) is 56.0 Å². The minimum atomic E-state index is 0.118. The molecule has 2 N–H and O–H groups in total. The first-order chi connectivity index (χ1) is 8.55. The fraction of sp³-hybridized carbons (Fsp3) is 0.647.